The van der Waals surface area contributed by atoms with Gasteiger partial charge in [0, 0.05) is 0 Å². The number of aryl methyl sites for hydroxylation is 1. The highest BCUT2D eigenvalue weighted by molar-refractivity contribution is 7.89. The van der Waals surface area contributed by atoms with Crippen molar-refractivity contribution in [2.24, 2.45) is 11.7 Å². The third kappa shape index (κ3) is 4.02. The molecule has 0 bridgehead atoms. The fourth-order valence-electron chi connectivity index (χ4n) is 1.76. The molecule has 21 heavy (non-hydrogen) atoms. The highest BCUT2D eigenvalue weighted by Gasteiger charge is 2.27. The first-order valence-electron chi connectivity index (χ1n) is 6.22. The van der Waals surface area contributed by atoms with Gasteiger partial charge in [-0.1, -0.05) is 19.9 Å². The SMILES string of the molecule is Cc1ccc(S(=O)(=O)NC(C(N)=O)C(C)C)cc1C(=O)O. The maximum atomic E-state index is 12.2. The van der Waals surface area contributed by atoms with Gasteiger partial charge in [0.2, 0.25) is 15.9 Å². The minimum absolute atomic E-state index is 0.113. The van der Waals surface area contributed by atoms with Crippen molar-refractivity contribution in [2.45, 2.75) is 31.7 Å². The van der Waals surface area contributed by atoms with E-state index in [1.807, 2.05) is 0 Å². The second kappa shape index (κ2) is 6.23. The van der Waals surface area contributed by atoms with Gasteiger partial charge in [-0.3, -0.25) is 4.79 Å². The maximum Gasteiger partial charge on any atom is 0.335 e. The Labute approximate surface area is 123 Å². The predicted molar refractivity (Wildman–Crippen MR) is 76.3 cm³/mol. The molecule has 0 spiro atoms. The second-order valence-electron chi connectivity index (χ2n) is 5.03. The molecule has 1 rings (SSSR count). The standard InChI is InChI=1S/C13H18N2O5S/c1-7(2)11(12(14)16)15-21(19,20)9-5-4-8(3)10(6-9)13(17)18/h4-7,11,15H,1-3H3,(H2,14,16)(H,17,18). The van der Waals surface area contributed by atoms with Crippen LogP contribution >= 0.6 is 0 Å². The van der Waals surface area contributed by atoms with Gasteiger partial charge in [0.05, 0.1) is 10.5 Å². The number of amides is 1. The summed E-state index contributed by atoms with van der Waals surface area (Å²) in [6.45, 7) is 4.86. The van der Waals surface area contributed by atoms with Crippen LogP contribution in [0.25, 0.3) is 0 Å². The molecular formula is C13H18N2O5S. The number of aromatic carboxylic acids is 1. The number of hydrogen-bond donors (Lipinski definition) is 3. The zero-order chi connectivity index (χ0) is 16.4. The number of nitrogens with two attached hydrogens (primary N) is 1. The number of carboxylic acids is 1. The third-order valence-electron chi connectivity index (χ3n) is 3.01. The van der Waals surface area contributed by atoms with Crippen LogP contribution in [0.3, 0.4) is 0 Å². The van der Waals surface area contributed by atoms with Crippen molar-refractivity contribution in [1.82, 2.24) is 4.72 Å². The van der Waals surface area contributed by atoms with E-state index in [1.165, 1.54) is 12.1 Å². The normalized spacial score (nSPS) is 13.1. The molecule has 1 aromatic carbocycles. The molecule has 0 aliphatic carbocycles. The van der Waals surface area contributed by atoms with Crippen molar-refractivity contribution in [3.8, 4) is 0 Å². The molecule has 7 nitrogen and oxygen atoms in total. The van der Waals surface area contributed by atoms with Gasteiger partial charge in [-0.25, -0.2) is 13.2 Å². The molecule has 116 valence electrons. The monoisotopic (exact) mass is 314 g/mol. The van der Waals surface area contributed by atoms with Gasteiger partial charge in [-0.2, -0.15) is 4.72 Å². The van der Waals surface area contributed by atoms with Gasteiger partial charge in [0.1, 0.15) is 6.04 Å². The van der Waals surface area contributed by atoms with Crippen molar-refractivity contribution in [3.63, 3.8) is 0 Å². The van der Waals surface area contributed by atoms with Crippen molar-refractivity contribution in [3.05, 3.63) is 29.3 Å². The fourth-order valence-corrected chi connectivity index (χ4v) is 3.14. The smallest absolute Gasteiger partial charge is 0.335 e. The number of rotatable bonds is 6. The molecule has 8 heteroatoms. The van der Waals surface area contributed by atoms with E-state index in [0.717, 1.165) is 6.07 Å². The van der Waals surface area contributed by atoms with Gasteiger partial charge in [0.25, 0.3) is 0 Å². The van der Waals surface area contributed by atoms with E-state index in [2.05, 4.69) is 4.72 Å². The van der Waals surface area contributed by atoms with Crippen LogP contribution < -0.4 is 10.5 Å². The number of nitrogens with one attached hydrogen (secondary N) is 1. The van der Waals surface area contributed by atoms with Crippen LogP contribution in [0.4, 0.5) is 0 Å². The van der Waals surface area contributed by atoms with Crippen molar-refractivity contribution >= 4 is 21.9 Å². The summed E-state index contributed by atoms with van der Waals surface area (Å²) >= 11 is 0. The van der Waals surface area contributed by atoms with E-state index in [9.17, 15) is 18.0 Å². The molecule has 0 aromatic heterocycles. The second-order valence-corrected chi connectivity index (χ2v) is 6.74. The summed E-state index contributed by atoms with van der Waals surface area (Å²) in [7, 11) is -4.04. The van der Waals surface area contributed by atoms with Crippen LogP contribution in [-0.2, 0) is 14.8 Å². The lowest BCUT2D eigenvalue weighted by Crippen LogP contribution is -2.47. The van der Waals surface area contributed by atoms with Gasteiger partial charge in [-0.05, 0) is 30.5 Å². The Hall–Kier alpha value is -1.93. The number of carbonyl (C=O) groups excluding carboxylic acids is 1. The molecular weight excluding hydrogens is 296 g/mol. The third-order valence-corrected chi connectivity index (χ3v) is 4.44. The number of hydrogen-bond acceptors (Lipinski definition) is 4. The van der Waals surface area contributed by atoms with E-state index in [-0.39, 0.29) is 16.4 Å². The molecule has 1 atom stereocenters. The Balaban J connectivity index is 3.22. The molecule has 0 radical (unpaired) electrons. The Morgan fingerprint density at radius 1 is 1.29 bits per heavy atom. The predicted octanol–water partition coefficient (Wildman–Crippen LogP) is 0.481. The van der Waals surface area contributed by atoms with E-state index in [4.69, 9.17) is 10.8 Å². The average molecular weight is 314 g/mol. The summed E-state index contributed by atoms with van der Waals surface area (Å²) in [6, 6.07) is 2.66. The maximum absolute atomic E-state index is 12.2. The van der Waals surface area contributed by atoms with Crippen LogP contribution in [0, 0.1) is 12.8 Å². The van der Waals surface area contributed by atoms with Crippen molar-refractivity contribution in [2.75, 3.05) is 0 Å². The summed E-state index contributed by atoms with van der Waals surface area (Å²) in [5, 5.41) is 9.02. The molecule has 0 saturated carbocycles. The zero-order valence-electron chi connectivity index (χ0n) is 12.0. The molecule has 0 fully saturated rings. The van der Waals surface area contributed by atoms with Crippen LogP contribution in [0.5, 0.6) is 0 Å². The number of primary amides is 1. The zero-order valence-corrected chi connectivity index (χ0v) is 12.8. The molecule has 1 unspecified atom stereocenters. The fraction of sp³-hybridized carbons (Fsp3) is 0.385. The highest BCUT2D eigenvalue weighted by Crippen LogP contribution is 2.17. The summed E-state index contributed by atoms with van der Waals surface area (Å²) in [4.78, 5) is 22.1. The summed E-state index contributed by atoms with van der Waals surface area (Å²) < 4.78 is 26.7. The van der Waals surface area contributed by atoms with Crippen molar-refractivity contribution in [1.29, 1.82) is 0 Å². The van der Waals surface area contributed by atoms with Gasteiger partial charge < -0.3 is 10.8 Å². The molecule has 0 heterocycles. The summed E-state index contributed by atoms with van der Waals surface area (Å²) in [5.74, 6) is -2.35. The topological polar surface area (TPSA) is 127 Å². The molecule has 4 N–H and O–H groups in total. The molecule has 0 aliphatic rings. The lowest BCUT2D eigenvalue weighted by atomic mass is 10.1. The van der Waals surface area contributed by atoms with Gasteiger partial charge >= 0.3 is 5.97 Å². The highest BCUT2D eigenvalue weighted by atomic mass is 32.2. The molecule has 0 saturated heterocycles. The first-order chi connectivity index (χ1) is 9.56. The largest absolute Gasteiger partial charge is 0.478 e. The van der Waals surface area contributed by atoms with E-state index >= 15 is 0 Å². The van der Waals surface area contributed by atoms with E-state index in [0.29, 0.717) is 5.56 Å². The Bertz CT molecular complexity index is 667. The van der Waals surface area contributed by atoms with E-state index in [1.54, 1.807) is 20.8 Å². The quantitative estimate of drug-likeness (QED) is 0.704. The molecule has 1 amide bonds. The Kier molecular flexibility index (Phi) is 5.08. The Morgan fingerprint density at radius 2 is 1.86 bits per heavy atom. The summed E-state index contributed by atoms with van der Waals surface area (Å²) in [5.41, 5.74) is 5.49. The summed E-state index contributed by atoms with van der Waals surface area (Å²) in [6.07, 6.45) is 0. The first kappa shape index (κ1) is 17.1. The van der Waals surface area contributed by atoms with Crippen LogP contribution in [0.1, 0.15) is 29.8 Å². The van der Waals surface area contributed by atoms with Gasteiger partial charge in [0.15, 0.2) is 0 Å². The minimum atomic E-state index is -4.04. The van der Waals surface area contributed by atoms with Crippen LogP contribution in [0.15, 0.2) is 23.1 Å². The van der Waals surface area contributed by atoms with Crippen LogP contribution in [0.2, 0.25) is 0 Å². The molecule has 0 aliphatic heterocycles. The molecule has 1 aromatic rings. The van der Waals surface area contributed by atoms with Crippen LogP contribution in [-0.4, -0.2) is 31.4 Å². The van der Waals surface area contributed by atoms with Gasteiger partial charge in [-0.15, -0.1) is 0 Å². The lowest BCUT2D eigenvalue weighted by molar-refractivity contribution is -0.120. The Morgan fingerprint density at radius 3 is 2.29 bits per heavy atom. The minimum Gasteiger partial charge on any atom is -0.478 e. The number of sulfonamides is 1. The number of carboxylic acid groups (broad SMARTS) is 1. The lowest BCUT2D eigenvalue weighted by Gasteiger charge is -2.19. The number of benzene rings is 1. The van der Waals surface area contributed by atoms with E-state index < -0.39 is 27.9 Å². The number of carbonyl (C=O) groups is 2. The van der Waals surface area contributed by atoms with Crippen molar-refractivity contribution < 1.29 is 23.1 Å². The average Bonchev–Trinajstić information content (AvgIpc) is 2.35. The first-order valence-corrected chi connectivity index (χ1v) is 7.70.